The minimum absolute atomic E-state index is 0.578. The summed E-state index contributed by atoms with van der Waals surface area (Å²) in [7, 11) is 1.69. The Hall–Kier alpha value is -1.61. The lowest BCUT2D eigenvalue weighted by atomic mass is 10.0. The average molecular weight is 270 g/mol. The van der Waals surface area contributed by atoms with E-state index in [-0.39, 0.29) is 0 Å². The number of methoxy groups -OCH3 is 1. The molecule has 0 bridgehead atoms. The number of hydrogen-bond acceptors (Lipinski definition) is 3. The molecule has 0 spiro atoms. The van der Waals surface area contributed by atoms with Crippen molar-refractivity contribution in [3.05, 3.63) is 36.0 Å². The molecule has 1 aliphatic carbocycles. The number of nitrogens with one attached hydrogen (secondary N) is 1. The van der Waals surface area contributed by atoms with Crippen molar-refractivity contribution in [1.82, 2.24) is 10.3 Å². The number of benzene rings is 1. The highest BCUT2D eigenvalue weighted by Gasteiger charge is 2.39. The predicted molar refractivity (Wildman–Crippen MR) is 82.0 cm³/mol. The smallest absolute Gasteiger partial charge is 0.145 e. The van der Waals surface area contributed by atoms with Gasteiger partial charge >= 0.3 is 0 Å². The van der Waals surface area contributed by atoms with E-state index < -0.39 is 0 Å². The lowest BCUT2D eigenvalue weighted by Crippen LogP contribution is -2.23. The van der Waals surface area contributed by atoms with E-state index in [9.17, 15) is 0 Å². The zero-order valence-electron chi connectivity index (χ0n) is 12.3. The summed E-state index contributed by atoms with van der Waals surface area (Å²) in [5, 5.41) is 4.68. The van der Waals surface area contributed by atoms with E-state index in [0.29, 0.717) is 5.41 Å². The number of fused-ring (bicyclic) bond motifs is 1. The van der Waals surface area contributed by atoms with Gasteiger partial charge < -0.3 is 10.1 Å². The summed E-state index contributed by atoms with van der Waals surface area (Å²) in [4.78, 5) is 4.72. The maximum atomic E-state index is 5.39. The summed E-state index contributed by atoms with van der Waals surface area (Å²) in [5.41, 5.74) is 2.61. The molecule has 1 saturated carbocycles. The van der Waals surface area contributed by atoms with Crippen LogP contribution in [-0.2, 0) is 6.54 Å². The lowest BCUT2D eigenvalue weighted by Gasteiger charge is -2.13. The van der Waals surface area contributed by atoms with Crippen LogP contribution in [0.5, 0.6) is 5.75 Å². The molecule has 3 heteroatoms. The topological polar surface area (TPSA) is 34.1 Å². The first-order valence-corrected chi connectivity index (χ1v) is 7.40. The molecule has 0 saturated heterocycles. The van der Waals surface area contributed by atoms with Crippen LogP contribution in [0.4, 0.5) is 0 Å². The zero-order valence-corrected chi connectivity index (χ0v) is 12.3. The second-order valence-electron chi connectivity index (χ2n) is 5.79. The number of nitrogens with zero attached hydrogens (tertiary/aromatic N) is 1. The molecule has 1 heterocycles. The predicted octanol–water partition coefficient (Wildman–Crippen LogP) is 3.52. The summed E-state index contributed by atoms with van der Waals surface area (Å²) in [6, 6.07) is 10.2. The fourth-order valence-electron chi connectivity index (χ4n) is 2.71. The lowest BCUT2D eigenvalue weighted by molar-refractivity contribution is 0.418. The summed E-state index contributed by atoms with van der Waals surface area (Å²) in [5.74, 6) is 0.844. The van der Waals surface area contributed by atoms with Crippen LogP contribution in [0.15, 0.2) is 30.3 Å². The van der Waals surface area contributed by atoms with Gasteiger partial charge in [0.15, 0.2) is 0 Å². The number of pyridine rings is 1. The standard InChI is InChI=1S/C17H22N2O/c1-3-17(9-10-17)12-18-11-14-8-7-13-5-4-6-15(20-2)16(13)19-14/h4-8,18H,3,9-12H2,1-2H3. The molecule has 0 unspecified atom stereocenters. The second kappa shape index (κ2) is 5.41. The number of hydrogen-bond donors (Lipinski definition) is 1. The first-order chi connectivity index (χ1) is 9.76. The summed E-state index contributed by atoms with van der Waals surface area (Å²) in [6.45, 7) is 4.22. The van der Waals surface area contributed by atoms with E-state index in [1.807, 2.05) is 12.1 Å². The van der Waals surface area contributed by atoms with Crippen LogP contribution in [0.3, 0.4) is 0 Å². The highest BCUT2D eigenvalue weighted by molar-refractivity contribution is 5.84. The van der Waals surface area contributed by atoms with Gasteiger partial charge in [-0.2, -0.15) is 0 Å². The van der Waals surface area contributed by atoms with E-state index in [0.717, 1.165) is 35.4 Å². The van der Waals surface area contributed by atoms with E-state index in [1.54, 1.807) is 7.11 Å². The summed E-state index contributed by atoms with van der Waals surface area (Å²) < 4.78 is 5.39. The molecule has 0 radical (unpaired) electrons. The van der Waals surface area contributed by atoms with Crippen molar-refractivity contribution in [1.29, 1.82) is 0 Å². The summed E-state index contributed by atoms with van der Waals surface area (Å²) >= 11 is 0. The molecule has 0 aliphatic heterocycles. The molecule has 1 N–H and O–H groups in total. The van der Waals surface area contributed by atoms with E-state index >= 15 is 0 Å². The van der Waals surface area contributed by atoms with Gasteiger partial charge in [0, 0.05) is 18.5 Å². The van der Waals surface area contributed by atoms with Crippen molar-refractivity contribution in [2.24, 2.45) is 5.41 Å². The molecular formula is C17H22N2O. The van der Waals surface area contributed by atoms with Crippen LogP contribution in [0.2, 0.25) is 0 Å². The fraction of sp³-hybridized carbons (Fsp3) is 0.471. The minimum atomic E-state index is 0.578. The maximum Gasteiger partial charge on any atom is 0.145 e. The number of rotatable bonds is 6. The van der Waals surface area contributed by atoms with Crippen molar-refractivity contribution in [3.8, 4) is 5.75 Å². The van der Waals surface area contributed by atoms with Crippen LogP contribution < -0.4 is 10.1 Å². The Morgan fingerprint density at radius 3 is 2.80 bits per heavy atom. The minimum Gasteiger partial charge on any atom is -0.494 e. The number of ether oxygens (including phenoxy) is 1. The van der Waals surface area contributed by atoms with Crippen molar-refractivity contribution >= 4 is 10.9 Å². The molecule has 1 aliphatic rings. The van der Waals surface area contributed by atoms with Crippen molar-refractivity contribution in [2.75, 3.05) is 13.7 Å². The maximum absolute atomic E-state index is 5.39. The quantitative estimate of drug-likeness (QED) is 0.872. The molecule has 106 valence electrons. The normalized spacial score (nSPS) is 16.3. The Morgan fingerprint density at radius 2 is 2.10 bits per heavy atom. The molecule has 1 aromatic heterocycles. The highest BCUT2D eigenvalue weighted by Crippen LogP contribution is 2.47. The SMILES string of the molecule is CCC1(CNCc2ccc3cccc(OC)c3n2)CC1. The van der Waals surface area contributed by atoms with E-state index in [2.05, 4.69) is 30.4 Å². The average Bonchev–Trinajstić information content (AvgIpc) is 3.27. The highest BCUT2D eigenvalue weighted by atomic mass is 16.5. The Morgan fingerprint density at radius 1 is 1.25 bits per heavy atom. The van der Waals surface area contributed by atoms with E-state index in [4.69, 9.17) is 9.72 Å². The van der Waals surface area contributed by atoms with Crippen LogP contribution in [0, 0.1) is 5.41 Å². The van der Waals surface area contributed by atoms with Crippen molar-refractivity contribution in [3.63, 3.8) is 0 Å². The Kier molecular flexibility index (Phi) is 3.62. The van der Waals surface area contributed by atoms with Gasteiger partial charge in [0.05, 0.1) is 12.8 Å². The molecule has 1 fully saturated rings. The molecule has 0 amide bonds. The Bertz CT molecular complexity index is 605. The number of aromatic nitrogens is 1. The number of para-hydroxylation sites is 1. The largest absolute Gasteiger partial charge is 0.494 e. The molecule has 3 rings (SSSR count). The second-order valence-corrected chi connectivity index (χ2v) is 5.79. The van der Waals surface area contributed by atoms with E-state index in [1.165, 1.54) is 19.3 Å². The van der Waals surface area contributed by atoms with Gasteiger partial charge in [0.2, 0.25) is 0 Å². The zero-order chi connectivity index (χ0) is 14.0. The van der Waals surface area contributed by atoms with Crippen LogP contribution >= 0.6 is 0 Å². The van der Waals surface area contributed by atoms with Gasteiger partial charge in [-0.3, -0.25) is 0 Å². The monoisotopic (exact) mass is 270 g/mol. The fourth-order valence-corrected chi connectivity index (χ4v) is 2.71. The van der Waals surface area contributed by atoms with Gasteiger partial charge in [-0.15, -0.1) is 0 Å². The molecule has 3 nitrogen and oxygen atoms in total. The molecule has 0 atom stereocenters. The third-order valence-electron chi connectivity index (χ3n) is 4.47. The van der Waals surface area contributed by atoms with Gasteiger partial charge in [-0.1, -0.05) is 25.1 Å². The van der Waals surface area contributed by atoms with Crippen LogP contribution in [0.1, 0.15) is 31.9 Å². The van der Waals surface area contributed by atoms with Crippen molar-refractivity contribution in [2.45, 2.75) is 32.7 Å². The van der Waals surface area contributed by atoms with Crippen LogP contribution in [0.25, 0.3) is 10.9 Å². The third-order valence-corrected chi connectivity index (χ3v) is 4.47. The molecule has 1 aromatic carbocycles. The Labute approximate surface area is 120 Å². The van der Waals surface area contributed by atoms with Gasteiger partial charge in [-0.25, -0.2) is 4.98 Å². The van der Waals surface area contributed by atoms with Gasteiger partial charge in [0.25, 0.3) is 0 Å². The first-order valence-electron chi connectivity index (χ1n) is 7.40. The molecular weight excluding hydrogens is 248 g/mol. The first kappa shape index (κ1) is 13.4. The Balaban J connectivity index is 1.72. The van der Waals surface area contributed by atoms with Crippen molar-refractivity contribution < 1.29 is 4.74 Å². The van der Waals surface area contributed by atoms with Gasteiger partial charge in [-0.05, 0) is 36.8 Å². The molecule has 2 aromatic rings. The summed E-state index contributed by atoms with van der Waals surface area (Å²) in [6.07, 6.45) is 4.02. The van der Waals surface area contributed by atoms with Gasteiger partial charge in [0.1, 0.15) is 11.3 Å². The molecule has 20 heavy (non-hydrogen) atoms. The van der Waals surface area contributed by atoms with Crippen LogP contribution in [-0.4, -0.2) is 18.6 Å². The third kappa shape index (κ3) is 2.63.